The highest BCUT2D eigenvalue weighted by molar-refractivity contribution is 5.89. The van der Waals surface area contributed by atoms with E-state index in [0.29, 0.717) is 11.1 Å². The van der Waals surface area contributed by atoms with Gasteiger partial charge >= 0.3 is 12.1 Å². The summed E-state index contributed by atoms with van der Waals surface area (Å²) in [6, 6.07) is 4.99. The van der Waals surface area contributed by atoms with Crippen molar-refractivity contribution in [3.63, 3.8) is 0 Å². The number of hydrogen-bond donors (Lipinski definition) is 1. The second kappa shape index (κ2) is 7.58. The van der Waals surface area contributed by atoms with Crippen LogP contribution in [-0.2, 0) is 24.1 Å². The average Bonchev–Trinajstić information content (AvgIpc) is 3.33. The number of aromatic nitrogens is 5. The van der Waals surface area contributed by atoms with Crippen LogP contribution in [0.4, 0.5) is 13.2 Å². The van der Waals surface area contributed by atoms with Crippen molar-refractivity contribution < 1.29 is 22.5 Å². The number of aryl methyl sites for hydroxylation is 1. The van der Waals surface area contributed by atoms with E-state index in [1.54, 1.807) is 41.4 Å². The highest BCUT2D eigenvalue weighted by atomic mass is 19.4. The predicted octanol–water partition coefficient (Wildman–Crippen LogP) is 3.12. The number of halogens is 3. The molecule has 0 aliphatic rings. The van der Waals surface area contributed by atoms with Gasteiger partial charge in [0.05, 0.1) is 0 Å². The van der Waals surface area contributed by atoms with Gasteiger partial charge in [0, 0.05) is 47.2 Å². The second-order valence-corrected chi connectivity index (χ2v) is 6.62. The van der Waals surface area contributed by atoms with Crippen molar-refractivity contribution in [1.82, 2.24) is 30.0 Å². The van der Waals surface area contributed by atoms with Crippen molar-refractivity contribution in [3.8, 4) is 11.4 Å². The second-order valence-electron chi connectivity index (χ2n) is 6.62. The van der Waals surface area contributed by atoms with Crippen LogP contribution in [0, 0.1) is 6.92 Å². The Morgan fingerprint density at radius 3 is 2.70 bits per heavy atom. The quantitative estimate of drug-likeness (QED) is 0.537. The molecule has 0 aliphatic heterocycles. The maximum Gasteiger partial charge on any atom is 0.471 e. The Labute approximate surface area is 167 Å². The van der Waals surface area contributed by atoms with Gasteiger partial charge in [-0.2, -0.15) is 18.2 Å². The lowest BCUT2D eigenvalue weighted by molar-refractivity contribution is -0.159. The monoisotopic (exact) mass is 416 g/mol. The lowest BCUT2D eigenvalue weighted by atomic mass is 10.1. The molecule has 0 saturated heterocycles. The van der Waals surface area contributed by atoms with Crippen LogP contribution in [0.1, 0.15) is 17.0 Å². The fourth-order valence-corrected chi connectivity index (χ4v) is 3.03. The van der Waals surface area contributed by atoms with Crippen molar-refractivity contribution >= 4 is 16.8 Å². The first-order valence-corrected chi connectivity index (χ1v) is 8.82. The van der Waals surface area contributed by atoms with Crippen molar-refractivity contribution in [2.24, 2.45) is 0 Å². The fraction of sp³-hybridized carbons (Fsp3) is 0.211. The molecule has 8 nitrogen and oxygen atoms in total. The minimum absolute atomic E-state index is 0.0293. The molecule has 154 valence electrons. The summed E-state index contributed by atoms with van der Waals surface area (Å²) >= 11 is 0. The maximum absolute atomic E-state index is 12.7. The first-order valence-electron chi connectivity index (χ1n) is 8.82. The summed E-state index contributed by atoms with van der Waals surface area (Å²) in [7, 11) is 0. The summed E-state index contributed by atoms with van der Waals surface area (Å²) in [5, 5.41) is 7.06. The van der Waals surface area contributed by atoms with E-state index < -0.39 is 12.1 Å². The van der Waals surface area contributed by atoms with Crippen molar-refractivity contribution in [1.29, 1.82) is 0 Å². The summed E-state index contributed by atoms with van der Waals surface area (Å²) < 4.78 is 44.2. The van der Waals surface area contributed by atoms with Crippen molar-refractivity contribution in [2.75, 3.05) is 0 Å². The standard InChI is InChI=1S/C19H15F3N6O2/c1-11-8-28(9-16(29)25-7-12-5-23-10-24-6-12)15-4-13(2-3-14(11)15)17-26-18(30-27-17)19(20,21)22/h2-6,8,10H,7,9H2,1H3,(H,25,29). The number of nitrogens with zero attached hydrogens (tertiary/aromatic N) is 5. The molecule has 0 aliphatic carbocycles. The number of alkyl halides is 3. The third kappa shape index (κ3) is 4.00. The Bertz CT molecular complexity index is 1200. The molecule has 30 heavy (non-hydrogen) atoms. The summed E-state index contributed by atoms with van der Waals surface area (Å²) in [5.74, 6) is -1.82. The summed E-state index contributed by atoms with van der Waals surface area (Å²) in [6.07, 6.45) is 1.70. The van der Waals surface area contributed by atoms with Gasteiger partial charge in [0.1, 0.15) is 12.9 Å². The van der Waals surface area contributed by atoms with Crippen LogP contribution in [0.15, 0.2) is 47.6 Å². The number of amides is 1. The smallest absolute Gasteiger partial charge is 0.350 e. The van der Waals surface area contributed by atoms with Crippen LogP contribution in [0.2, 0.25) is 0 Å². The molecular weight excluding hydrogens is 401 g/mol. The maximum atomic E-state index is 12.7. The molecule has 11 heteroatoms. The number of carbonyl (C=O) groups is 1. The zero-order valence-corrected chi connectivity index (χ0v) is 15.6. The van der Waals surface area contributed by atoms with E-state index in [4.69, 9.17) is 0 Å². The van der Waals surface area contributed by atoms with E-state index in [1.165, 1.54) is 6.33 Å². The Morgan fingerprint density at radius 2 is 2.00 bits per heavy atom. The van der Waals surface area contributed by atoms with Gasteiger partial charge in [-0.15, -0.1) is 0 Å². The van der Waals surface area contributed by atoms with Gasteiger partial charge in [0.25, 0.3) is 0 Å². The van der Waals surface area contributed by atoms with Gasteiger partial charge in [0.15, 0.2) is 0 Å². The van der Waals surface area contributed by atoms with E-state index in [1.807, 2.05) is 6.92 Å². The molecule has 0 radical (unpaired) electrons. The van der Waals surface area contributed by atoms with Crippen LogP contribution in [0.5, 0.6) is 0 Å². The first kappa shape index (κ1) is 19.6. The van der Waals surface area contributed by atoms with Gasteiger partial charge in [-0.25, -0.2) is 9.97 Å². The van der Waals surface area contributed by atoms with Gasteiger partial charge in [-0.3, -0.25) is 4.79 Å². The number of hydrogen-bond acceptors (Lipinski definition) is 6. The molecule has 0 spiro atoms. The van der Waals surface area contributed by atoms with Gasteiger partial charge in [-0.1, -0.05) is 17.3 Å². The average molecular weight is 416 g/mol. The van der Waals surface area contributed by atoms with Crippen LogP contribution in [0.3, 0.4) is 0 Å². The Kier molecular flexibility index (Phi) is 4.94. The number of nitrogens with one attached hydrogen (secondary N) is 1. The molecule has 0 fully saturated rings. The molecule has 4 rings (SSSR count). The largest absolute Gasteiger partial charge is 0.471 e. The van der Waals surface area contributed by atoms with Gasteiger partial charge in [-0.05, 0) is 18.6 Å². The van der Waals surface area contributed by atoms with E-state index in [0.717, 1.165) is 16.5 Å². The summed E-state index contributed by atoms with van der Waals surface area (Å²) in [6.45, 7) is 2.20. The molecule has 0 unspecified atom stereocenters. The highest BCUT2D eigenvalue weighted by Gasteiger charge is 2.38. The Hall–Kier alpha value is -3.76. The van der Waals surface area contributed by atoms with Crippen LogP contribution >= 0.6 is 0 Å². The summed E-state index contributed by atoms with van der Waals surface area (Å²) in [5.41, 5.74) is 2.70. The van der Waals surface area contributed by atoms with E-state index >= 15 is 0 Å². The minimum atomic E-state index is -4.71. The molecule has 1 aromatic carbocycles. The van der Waals surface area contributed by atoms with E-state index in [2.05, 4.69) is 29.9 Å². The number of benzene rings is 1. The topological polar surface area (TPSA) is 98.7 Å². The molecule has 3 heterocycles. The molecule has 1 N–H and O–H groups in total. The molecule has 0 bridgehead atoms. The highest BCUT2D eigenvalue weighted by Crippen LogP contribution is 2.31. The van der Waals surface area contributed by atoms with Crippen molar-refractivity contribution in [3.05, 3.63) is 60.1 Å². The lowest BCUT2D eigenvalue weighted by Gasteiger charge is -2.08. The van der Waals surface area contributed by atoms with Crippen LogP contribution in [-0.4, -0.2) is 30.6 Å². The molecule has 0 atom stereocenters. The third-order valence-corrected chi connectivity index (χ3v) is 4.43. The SMILES string of the molecule is Cc1cn(CC(=O)NCc2cncnc2)c2cc(-c3noc(C(F)(F)F)n3)ccc12. The third-order valence-electron chi connectivity index (χ3n) is 4.43. The zero-order valence-electron chi connectivity index (χ0n) is 15.6. The Morgan fingerprint density at radius 1 is 1.23 bits per heavy atom. The minimum Gasteiger partial charge on any atom is -0.350 e. The van der Waals surface area contributed by atoms with E-state index in [9.17, 15) is 18.0 Å². The summed E-state index contributed by atoms with van der Waals surface area (Å²) in [4.78, 5) is 23.6. The van der Waals surface area contributed by atoms with Crippen molar-refractivity contribution in [2.45, 2.75) is 26.2 Å². The van der Waals surface area contributed by atoms with Crippen LogP contribution < -0.4 is 5.32 Å². The molecule has 0 saturated carbocycles. The normalized spacial score (nSPS) is 11.7. The number of carbonyl (C=O) groups excluding carboxylic acids is 1. The van der Waals surface area contributed by atoms with Crippen LogP contribution in [0.25, 0.3) is 22.3 Å². The molecule has 3 aromatic heterocycles. The zero-order chi connectivity index (χ0) is 21.3. The molecule has 4 aromatic rings. The molecular formula is C19H15F3N6O2. The Balaban J connectivity index is 1.57. The number of rotatable bonds is 5. The first-order chi connectivity index (χ1) is 14.3. The predicted molar refractivity (Wildman–Crippen MR) is 98.8 cm³/mol. The van der Waals surface area contributed by atoms with Gasteiger partial charge < -0.3 is 14.4 Å². The fourth-order valence-electron chi connectivity index (χ4n) is 3.03. The number of fused-ring (bicyclic) bond motifs is 1. The lowest BCUT2D eigenvalue weighted by Crippen LogP contribution is -2.26. The van der Waals surface area contributed by atoms with Gasteiger partial charge in [0.2, 0.25) is 11.7 Å². The van der Waals surface area contributed by atoms with E-state index in [-0.39, 0.29) is 24.8 Å². The molecule has 1 amide bonds.